The fourth-order valence-corrected chi connectivity index (χ4v) is 2.58. The van der Waals surface area contributed by atoms with Gasteiger partial charge >= 0.3 is 0 Å². The van der Waals surface area contributed by atoms with E-state index in [1.165, 1.54) is 29.8 Å². The fourth-order valence-electron chi connectivity index (χ4n) is 2.58. The van der Waals surface area contributed by atoms with Gasteiger partial charge in [-0.2, -0.15) is 0 Å². The number of aryl methyl sites for hydroxylation is 1. The zero-order chi connectivity index (χ0) is 11.5. The minimum Gasteiger partial charge on any atom is -0.349 e. The number of rotatable bonds is 4. The predicted molar refractivity (Wildman–Crippen MR) is 68.6 cm³/mol. The SMILES string of the molecule is CCn1c(C)cc(CNC2CC=CC2)c1C. The minimum absolute atomic E-state index is 0.657. The Morgan fingerprint density at radius 3 is 2.56 bits per heavy atom. The van der Waals surface area contributed by atoms with Crippen molar-refractivity contribution < 1.29 is 0 Å². The molecule has 0 amide bonds. The maximum atomic E-state index is 3.63. The molecule has 0 fully saturated rings. The van der Waals surface area contributed by atoms with E-state index >= 15 is 0 Å². The third-order valence-electron chi connectivity index (χ3n) is 3.58. The van der Waals surface area contributed by atoms with Crippen LogP contribution in [0.5, 0.6) is 0 Å². The summed E-state index contributed by atoms with van der Waals surface area (Å²) in [5, 5.41) is 3.63. The van der Waals surface area contributed by atoms with Gasteiger partial charge in [0.15, 0.2) is 0 Å². The van der Waals surface area contributed by atoms with Crippen molar-refractivity contribution in [2.45, 2.75) is 52.7 Å². The van der Waals surface area contributed by atoms with Crippen molar-refractivity contribution >= 4 is 0 Å². The Morgan fingerprint density at radius 1 is 1.31 bits per heavy atom. The Kier molecular flexibility index (Phi) is 3.49. The van der Waals surface area contributed by atoms with Gasteiger partial charge in [0.2, 0.25) is 0 Å². The monoisotopic (exact) mass is 218 g/mol. The zero-order valence-electron chi connectivity index (χ0n) is 10.6. The van der Waals surface area contributed by atoms with E-state index in [1.54, 1.807) is 0 Å². The van der Waals surface area contributed by atoms with Gasteiger partial charge in [0.05, 0.1) is 0 Å². The third-order valence-corrected chi connectivity index (χ3v) is 3.58. The first-order valence-electron chi connectivity index (χ1n) is 6.26. The first-order chi connectivity index (χ1) is 7.72. The summed E-state index contributed by atoms with van der Waals surface area (Å²) in [4.78, 5) is 0. The lowest BCUT2D eigenvalue weighted by Gasteiger charge is -2.12. The quantitative estimate of drug-likeness (QED) is 0.769. The fraction of sp³-hybridized carbons (Fsp3) is 0.571. The van der Waals surface area contributed by atoms with Crippen molar-refractivity contribution in [3.05, 3.63) is 35.2 Å². The van der Waals surface area contributed by atoms with Crippen molar-refractivity contribution in [1.29, 1.82) is 0 Å². The van der Waals surface area contributed by atoms with Gasteiger partial charge in [-0.1, -0.05) is 12.2 Å². The Morgan fingerprint density at radius 2 is 2.00 bits per heavy atom. The van der Waals surface area contributed by atoms with E-state index in [2.05, 4.69) is 48.9 Å². The molecule has 0 aromatic carbocycles. The first kappa shape index (κ1) is 11.5. The summed E-state index contributed by atoms with van der Waals surface area (Å²) in [6.07, 6.45) is 6.92. The average Bonchev–Trinajstić information content (AvgIpc) is 2.85. The molecule has 1 aromatic heterocycles. The molecular weight excluding hydrogens is 196 g/mol. The van der Waals surface area contributed by atoms with Crippen LogP contribution in [0.25, 0.3) is 0 Å². The van der Waals surface area contributed by atoms with Crippen LogP contribution in [0.15, 0.2) is 18.2 Å². The molecule has 0 radical (unpaired) electrons. The van der Waals surface area contributed by atoms with Crippen molar-refractivity contribution in [3.8, 4) is 0 Å². The molecule has 0 aliphatic heterocycles. The second kappa shape index (κ2) is 4.88. The molecule has 16 heavy (non-hydrogen) atoms. The van der Waals surface area contributed by atoms with Crippen LogP contribution in [0, 0.1) is 13.8 Å². The normalized spacial score (nSPS) is 16.2. The zero-order valence-corrected chi connectivity index (χ0v) is 10.6. The number of nitrogens with one attached hydrogen (secondary N) is 1. The Hall–Kier alpha value is -1.02. The molecule has 0 saturated carbocycles. The van der Waals surface area contributed by atoms with E-state index in [1.807, 2.05) is 0 Å². The second-order valence-electron chi connectivity index (χ2n) is 4.66. The molecule has 88 valence electrons. The van der Waals surface area contributed by atoms with Crippen LogP contribution >= 0.6 is 0 Å². The molecule has 0 unspecified atom stereocenters. The van der Waals surface area contributed by atoms with Crippen LogP contribution in [-0.4, -0.2) is 10.6 Å². The summed E-state index contributed by atoms with van der Waals surface area (Å²) in [5.74, 6) is 0. The third kappa shape index (κ3) is 2.22. The lowest BCUT2D eigenvalue weighted by molar-refractivity contribution is 0.536. The van der Waals surface area contributed by atoms with Gasteiger partial charge in [0, 0.05) is 30.5 Å². The van der Waals surface area contributed by atoms with E-state index in [0.717, 1.165) is 13.1 Å². The van der Waals surface area contributed by atoms with Gasteiger partial charge in [-0.15, -0.1) is 0 Å². The highest BCUT2D eigenvalue weighted by atomic mass is 15.0. The molecule has 1 aliphatic carbocycles. The summed E-state index contributed by atoms with van der Waals surface area (Å²) in [6.45, 7) is 8.70. The lowest BCUT2D eigenvalue weighted by Crippen LogP contribution is -2.25. The highest BCUT2D eigenvalue weighted by Gasteiger charge is 2.12. The molecule has 1 aliphatic rings. The number of aromatic nitrogens is 1. The molecule has 0 atom stereocenters. The van der Waals surface area contributed by atoms with Crippen molar-refractivity contribution in [3.63, 3.8) is 0 Å². The molecule has 0 saturated heterocycles. The highest BCUT2D eigenvalue weighted by molar-refractivity contribution is 5.26. The van der Waals surface area contributed by atoms with E-state index < -0.39 is 0 Å². The minimum atomic E-state index is 0.657. The maximum absolute atomic E-state index is 3.63. The molecule has 1 aromatic rings. The first-order valence-corrected chi connectivity index (χ1v) is 6.26. The maximum Gasteiger partial charge on any atom is 0.0226 e. The predicted octanol–water partition coefficient (Wildman–Crippen LogP) is 2.93. The average molecular weight is 218 g/mol. The van der Waals surface area contributed by atoms with E-state index in [0.29, 0.717) is 6.04 Å². The summed E-state index contributed by atoms with van der Waals surface area (Å²) in [6, 6.07) is 2.97. The topological polar surface area (TPSA) is 17.0 Å². The van der Waals surface area contributed by atoms with E-state index in [4.69, 9.17) is 0 Å². The van der Waals surface area contributed by atoms with Crippen molar-refractivity contribution in [1.82, 2.24) is 9.88 Å². The largest absolute Gasteiger partial charge is 0.349 e. The summed E-state index contributed by atoms with van der Waals surface area (Å²) >= 11 is 0. The van der Waals surface area contributed by atoms with Crippen LogP contribution in [0.3, 0.4) is 0 Å². The molecule has 2 heteroatoms. The molecule has 1 heterocycles. The molecule has 2 nitrogen and oxygen atoms in total. The number of nitrogens with zero attached hydrogens (tertiary/aromatic N) is 1. The Labute approximate surface area is 98.4 Å². The van der Waals surface area contributed by atoms with Gasteiger partial charge in [0.1, 0.15) is 0 Å². The second-order valence-corrected chi connectivity index (χ2v) is 4.66. The van der Waals surface area contributed by atoms with Gasteiger partial charge in [-0.3, -0.25) is 0 Å². The molecule has 1 N–H and O–H groups in total. The van der Waals surface area contributed by atoms with Gasteiger partial charge in [-0.05, 0) is 45.2 Å². The van der Waals surface area contributed by atoms with Gasteiger partial charge in [0.25, 0.3) is 0 Å². The van der Waals surface area contributed by atoms with Crippen LogP contribution in [-0.2, 0) is 13.1 Å². The van der Waals surface area contributed by atoms with Crippen molar-refractivity contribution in [2.75, 3.05) is 0 Å². The summed E-state index contributed by atoms with van der Waals surface area (Å²) < 4.78 is 2.38. The van der Waals surface area contributed by atoms with Crippen LogP contribution in [0.4, 0.5) is 0 Å². The van der Waals surface area contributed by atoms with E-state index in [9.17, 15) is 0 Å². The van der Waals surface area contributed by atoms with Gasteiger partial charge < -0.3 is 9.88 Å². The molecule has 2 rings (SSSR count). The Balaban J connectivity index is 1.98. The van der Waals surface area contributed by atoms with E-state index in [-0.39, 0.29) is 0 Å². The molecular formula is C14H22N2. The Bertz CT molecular complexity index is 380. The van der Waals surface area contributed by atoms with Gasteiger partial charge in [-0.25, -0.2) is 0 Å². The van der Waals surface area contributed by atoms with Crippen LogP contribution in [0.2, 0.25) is 0 Å². The van der Waals surface area contributed by atoms with Crippen LogP contribution < -0.4 is 5.32 Å². The standard InChI is InChI=1S/C14H22N2/c1-4-16-11(2)9-13(12(16)3)10-15-14-7-5-6-8-14/h5-6,9,14-15H,4,7-8,10H2,1-3H3. The lowest BCUT2D eigenvalue weighted by atomic mass is 10.2. The summed E-state index contributed by atoms with van der Waals surface area (Å²) in [5.41, 5.74) is 4.24. The summed E-state index contributed by atoms with van der Waals surface area (Å²) in [7, 11) is 0. The molecule has 0 bridgehead atoms. The number of hydrogen-bond acceptors (Lipinski definition) is 1. The number of hydrogen-bond donors (Lipinski definition) is 1. The highest BCUT2D eigenvalue weighted by Crippen LogP contribution is 2.16. The van der Waals surface area contributed by atoms with Crippen LogP contribution in [0.1, 0.15) is 36.7 Å². The smallest absolute Gasteiger partial charge is 0.0226 e. The molecule has 0 spiro atoms. The van der Waals surface area contributed by atoms with Crippen molar-refractivity contribution in [2.24, 2.45) is 0 Å².